The van der Waals surface area contributed by atoms with Crippen molar-refractivity contribution < 1.29 is 19.7 Å². The normalized spacial score (nSPS) is 15.1. The average Bonchev–Trinajstić information content (AvgIpc) is 3.25. The van der Waals surface area contributed by atoms with Crippen LogP contribution in [0.25, 0.3) is 17.4 Å². The van der Waals surface area contributed by atoms with E-state index in [4.69, 9.17) is 20.0 Å². The van der Waals surface area contributed by atoms with Gasteiger partial charge in [0.05, 0.1) is 6.61 Å². The van der Waals surface area contributed by atoms with Gasteiger partial charge in [-0.3, -0.25) is 5.41 Å². The van der Waals surface area contributed by atoms with Crippen LogP contribution in [-0.4, -0.2) is 29.3 Å². The number of amidine groups is 1. The number of hydrogen-bond donors (Lipinski definition) is 4. The fourth-order valence-corrected chi connectivity index (χ4v) is 4.37. The molecule has 1 unspecified atom stereocenters. The van der Waals surface area contributed by atoms with E-state index in [1.165, 1.54) is 0 Å². The van der Waals surface area contributed by atoms with Crippen molar-refractivity contribution in [3.63, 3.8) is 0 Å². The first kappa shape index (κ1) is 28.1. The van der Waals surface area contributed by atoms with Gasteiger partial charge in [-0.05, 0) is 53.8 Å². The molecule has 0 amide bonds. The van der Waals surface area contributed by atoms with Crippen molar-refractivity contribution in [3.8, 4) is 5.75 Å². The van der Waals surface area contributed by atoms with Crippen molar-refractivity contribution in [1.29, 1.82) is 5.41 Å². The van der Waals surface area contributed by atoms with Crippen LogP contribution in [0, 0.1) is 11.3 Å². The lowest BCUT2D eigenvalue weighted by molar-refractivity contribution is -0.105. The Morgan fingerprint density at radius 3 is 2.73 bits per heavy atom. The molecular weight excluding hydrogens is 464 g/mol. The summed E-state index contributed by atoms with van der Waals surface area (Å²) < 4.78 is 12.0. The number of rotatable bonds is 12. The van der Waals surface area contributed by atoms with E-state index in [0.717, 1.165) is 38.5 Å². The van der Waals surface area contributed by atoms with E-state index in [0.29, 0.717) is 42.5 Å². The van der Waals surface area contributed by atoms with E-state index >= 15 is 0 Å². The van der Waals surface area contributed by atoms with Crippen LogP contribution in [0.3, 0.4) is 0 Å². The number of hydrogen-bond acceptors (Lipinski definition) is 5. The van der Waals surface area contributed by atoms with Crippen LogP contribution >= 0.6 is 0 Å². The van der Waals surface area contributed by atoms with Crippen LogP contribution in [0.5, 0.6) is 5.75 Å². The number of aliphatic hydroxyl groups excluding tert-OH is 2. The second-order valence-corrected chi connectivity index (χ2v) is 9.38. The van der Waals surface area contributed by atoms with Gasteiger partial charge in [0.1, 0.15) is 17.3 Å². The standard InChI is InChI=1S/C31H38N2O4/c1-6-8-11-21(5)27-28(22(7-2)17-24-19-33-30(32)29(24)27)26(16-20(3)4)37-25-13-9-12-23(18-25)31(35)36-15-10-14-34/h6-9,11-13,17-18,20,31,34-35H,1,5,10,14-16,19H2,2-4H3,(H2,32,33)/b11-8-,22-7-,28-26-. The highest BCUT2D eigenvalue weighted by Gasteiger charge is 2.24. The number of allylic oxidation sites excluding steroid dienone is 4. The van der Waals surface area contributed by atoms with Crippen LogP contribution in [0.1, 0.15) is 62.2 Å². The van der Waals surface area contributed by atoms with E-state index in [2.05, 4.69) is 44.5 Å². The Hall–Kier alpha value is -3.45. The smallest absolute Gasteiger partial charge is 0.181 e. The minimum atomic E-state index is -1.12. The molecule has 1 heterocycles. The summed E-state index contributed by atoms with van der Waals surface area (Å²) in [5, 5.41) is 33.1. The third kappa shape index (κ3) is 6.86. The van der Waals surface area contributed by atoms with Crippen molar-refractivity contribution in [1.82, 2.24) is 5.32 Å². The van der Waals surface area contributed by atoms with Gasteiger partial charge < -0.3 is 25.0 Å². The van der Waals surface area contributed by atoms with E-state index in [9.17, 15) is 5.11 Å². The number of ether oxygens (including phenoxy) is 2. The highest BCUT2D eigenvalue weighted by Crippen LogP contribution is 2.27. The minimum absolute atomic E-state index is 0.00352. The monoisotopic (exact) mass is 502 g/mol. The van der Waals surface area contributed by atoms with Crippen molar-refractivity contribution in [2.75, 3.05) is 13.2 Å². The average molecular weight is 503 g/mol. The fourth-order valence-electron chi connectivity index (χ4n) is 4.37. The molecule has 0 radical (unpaired) electrons. The predicted molar refractivity (Wildman–Crippen MR) is 150 cm³/mol. The first-order chi connectivity index (χ1) is 17.8. The molecule has 6 nitrogen and oxygen atoms in total. The summed E-state index contributed by atoms with van der Waals surface area (Å²) >= 11 is 0. The molecule has 1 atom stereocenters. The maximum atomic E-state index is 10.5. The molecule has 6 heteroatoms. The maximum absolute atomic E-state index is 10.5. The second kappa shape index (κ2) is 13.2. The summed E-state index contributed by atoms with van der Waals surface area (Å²) in [5.41, 5.74) is 4.11. The van der Waals surface area contributed by atoms with Crippen molar-refractivity contribution in [2.24, 2.45) is 5.92 Å². The Labute approximate surface area is 219 Å². The fraction of sp³-hybridized carbons (Fsp3) is 0.323. The van der Waals surface area contributed by atoms with Crippen molar-refractivity contribution in [2.45, 2.75) is 46.4 Å². The first-order valence-corrected chi connectivity index (χ1v) is 12.7. The molecule has 196 valence electrons. The van der Waals surface area contributed by atoms with Gasteiger partial charge in [0.15, 0.2) is 6.29 Å². The number of nitrogens with one attached hydrogen (secondary N) is 2. The molecule has 0 spiro atoms. The summed E-state index contributed by atoms with van der Waals surface area (Å²) in [6.45, 7) is 15.2. The summed E-state index contributed by atoms with van der Waals surface area (Å²) in [6.07, 6.45) is 7.51. The molecule has 37 heavy (non-hydrogen) atoms. The lowest BCUT2D eigenvalue weighted by Crippen LogP contribution is -2.35. The Bertz CT molecular complexity index is 1310. The highest BCUT2D eigenvalue weighted by atomic mass is 16.6. The quantitative estimate of drug-likeness (QED) is 0.197. The molecular formula is C31H38N2O4. The van der Waals surface area contributed by atoms with E-state index < -0.39 is 6.29 Å². The Balaban J connectivity index is 2.23. The van der Waals surface area contributed by atoms with Crippen LogP contribution in [0.2, 0.25) is 0 Å². The minimum Gasteiger partial charge on any atom is -0.461 e. The highest BCUT2D eigenvalue weighted by molar-refractivity contribution is 6.05. The Morgan fingerprint density at radius 1 is 1.27 bits per heavy atom. The third-order valence-electron chi connectivity index (χ3n) is 6.05. The number of aliphatic hydroxyl groups is 2. The zero-order valence-electron chi connectivity index (χ0n) is 22.0. The summed E-state index contributed by atoms with van der Waals surface area (Å²) in [5.74, 6) is 2.01. The van der Waals surface area contributed by atoms with Crippen LogP contribution < -0.4 is 20.5 Å². The van der Waals surface area contributed by atoms with Gasteiger partial charge in [-0.2, -0.15) is 0 Å². The lowest BCUT2D eigenvalue weighted by Gasteiger charge is -2.18. The Kier molecular flexibility index (Phi) is 10.0. The van der Waals surface area contributed by atoms with Gasteiger partial charge in [0, 0.05) is 41.5 Å². The van der Waals surface area contributed by atoms with Gasteiger partial charge >= 0.3 is 0 Å². The molecule has 0 aliphatic carbocycles. The molecule has 0 saturated heterocycles. The molecule has 2 aromatic carbocycles. The van der Waals surface area contributed by atoms with E-state index in [1.54, 1.807) is 18.2 Å². The SMILES string of the molecule is C=C/C=C\C(=C)c1c2c(cc(=C/C)/c1=C(\CC(C)C)Oc1cccc(C(O)OCCCO)c1)CNC2=N. The molecule has 0 bridgehead atoms. The number of fused-ring (bicyclic) bond motifs is 1. The van der Waals surface area contributed by atoms with Gasteiger partial charge in [-0.1, -0.05) is 63.4 Å². The summed E-state index contributed by atoms with van der Waals surface area (Å²) in [4.78, 5) is 0. The zero-order valence-corrected chi connectivity index (χ0v) is 22.0. The Morgan fingerprint density at radius 2 is 2.05 bits per heavy atom. The zero-order chi connectivity index (χ0) is 26.9. The van der Waals surface area contributed by atoms with Crippen LogP contribution in [-0.2, 0) is 11.3 Å². The molecule has 1 aliphatic heterocycles. The van der Waals surface area contributed by atoms with Gasteiger partial charge in [-0.25, -0.2) is 0 Å². The largest absolute Gasteiger partial charge is 0.461 e. The molecule has 1 aliphatic rings. The topological polar surface area (TPSA) is 94.8 Å². The van der Waals surface area contributed by atoms with Crippen molar-refractivity contribution in [3.05, 3.63) is 94.4 Å². The molecule has 2 aromatic rings. The maximum Gasteiger partial charge on any atom is 0.181 e. The molecule has 0 saturated carbocycles. The molecule has 0 fully saturated rings. The van der Waals surface area contributed by atoms with E-state index in [-0.39, 0.29) is 13.2 Å². The lowest BCUT2D eigenvalue weighted by atomic mass is 9.91. The summed E-state index contributed by atoms with van der Waals surface area (Å²) in [6, 6.07) is 9.33. The molecule has 3 rings (SSSR count). The molecule has 4 N–H and O–H groups in total. The third-order valence-corrected chi connectivity index (χ3v) is 6.05. The molecule has 0 aromatic heterocycles. The van der Waals surface area contributed by atoms with Crippen molar-refractivity contribution >= 4 is 23.2 Å². The van der Waals surface area contributed by atoms with E-state index in [1.807, 2.05) is 31.2 Å². The van der Waals surface area contributed by atoms with Gasteiger partial charge in [0.2, 0.25) is 0 Å². The van der Waals surface area contributed by atoms with Gasteiger partial charge in [0.25, 0.3) is 0 Å². The van der Waals surface area contributed by atoms with Crippen LogP contribution in [0.15, 0.2) is 61.7 Å². The second-order valence-electron chi connectivity index (χ2n) is 9.38. The van der Waals surface area contributed by atoms with Crippen LogP contribution in [0.4, 0.5) is 0 Å². The predicted octanol–water partition coefficient (Wildman–Crippen LogP) is 4.29. The summed E-state index contributed by atoms with van der Waals surface area (Å²) in [7, 11) is 0. The first-order valence-electron chi connectivity index (χ1n) is 12.7. The van der Waals surface area contributed by atoms with Gasteiger partial charge in [-0.15, -0.1) is 0 Å². The number of benzene rings is 2.